The van der Waals surface area contributed by atoms with Crippen LogP contribution in [-0.2, 0) is 11.3 Å². The quantitative estimate of drug-likeness (QED) is 0.493. The lowest BCUT2D eigenvalue weighted by atomic mass is 10.0. The van der Waals surface area contributed by atoms with Gasteiger partial charge in [0.2, 0.25) is 5.91 Å². The number of benzene rings is 3. The summed E-state index contributed by atoms with van der Waals surface area (Å²) in [6, 6.07) is 22.5. The molecule has 0 aromatic heterocycles. The smallest absolute Gasteiger partial charge is 0.224 e. The maximum atomic E-state index is 13.9. The van der Waals surface area contributed by atoms with Crippen LogP contribution in [-0.4, -0.2) is 5.91 Å². The Morgan fingerprint density at radius 3 is 2.48 bits per heavy atom. The van der Waals surface area contributed by atoms with Gasteiger partial charge >= 0.3 is 0 Å². The molecule has 0 radical (unpaired) electrons. The molecule has 144 valence electrons. The Balaban J connectivity index is 1.56. The van der Waals surface area contributed by atoms with Gasteiger partial charge in [0.25, 0.3) is 0 Å². The van der Waals surface area contributed by atoms with E-state index < -0.39 is 0 Å². The fourth-order valence-corrected chi connectivity index (χ4v) is 3.68. The van der Waals surface area contributed by atoms with Gasteiger partial charge in [-0.05, 0) is 69.8 Å². The van der Waals surface area contributed by atoms with E-state index in [0.717, 1.165) is 37.9 Å². The number of rotatable bonds is 5. The van der Waals surface area contributed by atoms with Crippen molar-refractivity contribution in [3.05, 3.63) is 111 Å². The highest BCUT2D eigenvalue weighted by molar-refractivity contribution is 9.10. The van der Waals surface area contributed by atoms with Crippen molar-refractivity contribution in [2.24, 2.45) is 0 Å². The number of allylic oxidation sites excluding steroid dienone is 2. The monoisotopic (exact) mass is 447 g/mol. The molecule has 0 aliphatic heterocycles. The van der Waals surface area contributed by atoms with Gasteiger partial charge in [-0.2, -0.15) is 0 Å². The Morgan fingerprint density at radius 1 is 0.966 bits per heavy atom. The van der Waals surface area contributed by atoms with Crippen LogP contribution >= 0.6 is 15.9 Å². The van der Waals surface area contributed by atoms with Crippen LogP contribution in [0.3, 0.4) is 0 Å². The zero-order valence-corrected chi connectivity index (χ0v) is 17.2. The first kappa shape index (κ1) is 19.3. The summed E-state index contributed by atoms with van der Waals surface area (Å²) < 4.78 is 14.9. The lowest BCUT2D eigenvalue weighted by Gasteiger charge is -2.08. The minimum absolute atomic E-state index is 0.0831. The molecule has 4 rings (SSSR count). The van der Waals surface area contributed by atoms with Gasteiger partial charge in [0.15, 0.2) is 0 Å². The largest absolute Gasteiger partial charge is 0.352 e. The Bertz CT molecular complexity index is 1100. The first-order valence-corrected chi connectivity index (χ1v) is 10.2. The fourth-order valence-electron chi connectivity index (χ4n) is 3.41. The average Bonchev–Trinajstić information content (AvgIpc) is 3.05. The Hall–Kier alpha value is -2.98. The number of carbonyl (C=O) groups excluding carboxylic acids is 1. The lowest BCUT2D eigenvalue weighted by molar-refractivity contribution is -0.120. The van der Waals surface area contributed by atoms with Crippen LogP contribution < -0.4 is 5.32 Å². The normalized spacial score (nSPS) is 13.9. The summed E-state index contributed by atoms with van der Waals surface area (Å²) in [5.41, 5.74) is 5.62. The first-order chi connectivity index (χ1) is 14.1. The second-order valence-electron chi connectivity index (χ2n) is 6.95. The summed E-state index contributed by atoms with van der Waals surface area (Å²) in [4.78, 5) is 12.5. The van der Waals surface area contributed by atoms with E-state index in [1.165, 1.54) is 12.1 Å². The molecule has 4 heteroatoms. The molecule has 1 amide bonds. The maximum Gasteiger partial charge on any atom is 0.224 e. The number of hydrogen-bond acceptors (Lipinski definition) is 1. The van der Waals surface area contributed by atoms with E-state index >= 15 is 0 Å². The van der Waals surface area contributed by atoms with Crippen LogP contribution in [0.25, 0.3) is 17.2 Å². The van der Waals surface area contributed by atoms with Crippen LogP contribution in [0.5, 0.6) is 0 Å². The summed E-state index contributed by atoms with van der Waals surface area (Å²) in [7, 11) is 0. The Kier molecular flexibility index (Phi) is 5.72. The molecule has 0 fully saturated rings. The number of nitrogens with one attached hydrogen (secondary N) is 1. The second kappa shape index (κ2) is 8.58. The van der Waals surface area contributed by atoms with Crippen molar-refractivity contribution in [3.8, 4) is 0 Å². The lowest BCUT2D eigenvalue weighted by Crippen LogP contribution is -2.22. The van der Waals surface area contributed by atoms with E-state index in [1.54, 1.807) is 6.07 Å². The van der Waals surface area contributed by atoms with E-state index in [0.29, 0.717) is 6.54 Å². The highest BCUT2D eigenvalue weighted by Gasteiger charge is 2.21. The molecule has 0 saturated carbocycles. The van der Waals surface area contributed by atoms with Gasteiger partial charge in [0, 0.05) is 11.0 Å². The third-order valence-electron chi connectivity index (χ3n) is 4.84. The molecule has 0 unspecified atom stereocenters. The predicted molar refractivity (Wildman–Crippen MR) is 119 cm³/mol. The summed E-state index contributed by atoms with van der Waals surface area (Å²) in [5, 5.41) is 2.94. The maximum absolute atomic E-state index is 13.9. The topological polar surface area (TPSA) is 29.1 Å². The number of carbonyl (C=O) groups is 1. The number of hydrogen-bond donors (Lipinski definition) is 1. The summed E-state index contributed by atoms with van der Waals surface area (Å²) in [6.07, 6.45) is 4.24. The second-order valence-corrected chi connectivity index (χ2v) is 7.87. The summed E-state index contributed by atoms with van der Waals surface area (Å²) >= 11 is 3.44. The van der Waals surface area contributed by atoms with Crippen molar-refractivity contribution in [2.45, 2.75) is 13.0 Å². The molecule has 0 atom stereocenters. The zero-order chi connectivity index (χ0) is 20.2. The molecular weight excluding hydrogens is 429 g/mol. The van der Waals surface area contributed by atoms with Crippen molar-refractivity contribution >= 4 is 39.1 Å². The molecule has 3 aromatic carbocycles. The van der Waals surface area contributed by atoms with Crippen molar-refractivity contribution in [1.82, 2.24) is 5.32 Å². The number of fused-ring (bicyclic) bond motifs is 1. The van der Waals surface area contributed by atoms with E-state index in [1.807, 2.05) is 60.7 Å². The molecule has 0 heterocycles. The van der Waals surface area contributed by atoms with E-state index in [9.17, 15) is 9.18 Å². The number of amides is 1. The molecule has 0 saturated heterocycles. The van der Waals surface area contributed by atoms with Crippen molar-refractivity contribution in [1.29, 1.82) is 0 Å². The molecule has 2 nitrogen and oxygen atoms in total. The SMILES string of the molecule is O=C(CC1=C/C(=C\c2ccc(Br)cc2)c2ccc(F)cc21)NCc1ccccc1. The van der Waals surface area contributed by atoms with Crippen molar-refractivity contribution in [3.63, 3.8) is 0 Å². The van der Waals surface area contributed by atoms with Crippen molar-refractivity contribution < 1.29 is 9.18 Å². The minimum atomic E-state index is -0.302. The molecule has 29 heavy (non-hydrogen) atoms. The van der Waals surface area contributed by atoms with Crippen LogP contribution in [0.15, 0.2) is 83.3 Å². The molecule has 1 aliphatic rings. The molecule has 1 N–H and O–H groups in total. The van der Waals surface area contributed by atoms with Gasteiger partial charge in [-0.1, -0.05) is 64.5 Å². The zero-order valence-electron chi connectivity index (χ0n) is 15.7. The highest BCUT2D eigenvalue weighted by atomic mass is 79.9. The molecule has 0 spiro atoms. The Labute approximate surface area is 177 Å². The van der Waals surface area contributed by atoms with Gasteiger partial charge in [-0.25, -0.2) is 4.39 Å². The van der Waals surface area contributed by atoms with Crippen molar-refractivity contribution in [2.75, 3.05) is 0 Å². The van der Waals surface area contributed by atoms with Crippen LogP contribution in [0.2, 0.25) is 0 Å². The highest BCUT2D eigenvalue weighted by Crippen LogP contribution is 2.38. The summed E-state index contributed by atoms with van der Waals surface area (Å²) in [6.45, 7) is 0.477. The fraction of sp³-hybridized carbons (Fsp3) is 0.0800. The molecule has 1 aliphatic carbocycles. The number of halogens is 2. The van der Waals surface area contributed by atoms with Crippen LogP contribution in [0.1, 0.15) is 28.7 Å². The Morgan fingerprint density at radius 2 is 1.72 bits per heavy atom. The van der Waals surface area contributed by atoms with Gasteiger partial charge in [0.1, 0.15) is 5.82 Å². The van der Waals surface area contributed by atoms with E-state index in [-0.39, 0.29) is 18.1 Å². The first-order valence-electron chi connectivity index (χ1n) is 9.37. The van der Waals surface area contributed by atoms with Gasteiger partial charge in [0.05, 0.1) is 6.42 Å². The third kappa shape index (κ3) is 4.72. The van der Waals surface area contributed by atoms with E-state index in [4.69, 9.17) is 0 Å². The molecule has 0 bridgehead atoms. The summed E-state index contributed by atoms with van der Waals surface area (Å²) in [5.74, 6) is -0.385. The van der Waals surface area contributed by atoms with Crippen LogP contribution in [0.4, 0.5) is 4.39 Å². The van der Waals surface area contributed by atoms with E-state index in [2.05, 4.69) is 27.3 Å². The predicted octanol–water partition coefficient (Wildman–Crippen LogP) is 6.23. The minimum Gasteiger partial charge on any atom is -0.352 e. The van der Waals surface area contributed by atoms with Crippen LogP contribution in [0, 0.1) is 5.82 Å². The average molecular weight is 448 g/mol. The van der Waals surface area contributed by atoms with Gasteiger partial charge < -0.3 is 5.32 Å². The van der Waals surface area contributed by atoms with Gasteiger partial charge in [-0.15, -0.1) is 0 Å². The van der Waals surface area contributed by atoms with Gasteiger partial charge in [-0.3, -0.25) is 4.79 Å². The third-order valence-corrected chi connectivity index (χ3v) is 5.37. The standard InChI is InChI=1S/C25H19BrFNO/c26-21-8-6-17(7-9-21)12-19-13-20(24-15-22(27)10-11-23(19)24)14-25(29)28-16-18-4-2-1-3-5-18/h1-13,15H,14,16H2,(H,28,29)/b19-12+. The molecular formula is C25H19BrFNO. The molecule has 3 aromatic rings.